The van der Waals surface area contributed by atoms with Crippen LogP contribution in [0.1, 0.15) is 53.3 Å². The lowest BCUT2D eigenvalue weighted by Gasteiger charge is -2.29. The zero-order chi connectivity index (χ0) is 19.7. The van der Waals surface area contributed by atoms with Gasteiger partial charge in [-0.3, -0.25) is 4.98 Å². The Morgan fingerprint density at radius 1 is 1.04 bits per heavy atom. The van der Waals surface area contributed by atoms with Gasteiger partial charge in [-0.25, -0.2) is 4.79 Å². The molecule has 1 saturated heterocycles. The highest BCUT2D eigenvalue weighted by molar-refractivity contribution is 5.85. The van der Waals surface area contributed by atoms with Crippen molar-refractivity contribution in [2.45, 2.75) is 46.5 Å². The van der Waals surface area contributed by atoms with Crippen LogP contribution in [0.2, 0.25) is 0 Å². The van der Waals surface area contributed by atoms with E-state index in [1.807, 2.05) is 18.0 Å². The van der Waals surface area contributed by atoms with E-state index >= 15 is 0 Å². The zero-order valence-corrected chi connectivity index (χ0v) is 17.0. The summed E-state index contributed by atoms with van der Waals surface area (Å²) in [6.45, 7) is 7.96. The second-order valence-electron chi connectivity index (χ2n) is 7.85. The van der Waals surface area contributed by atoms with Crippen LogP contribution in [0.25, 0.3) is 5.57 Å². The number of aromatic nitrogens is 1. The molecule has 2 aliphatic rings. The van der Waals surface area contributed by atoms with Crippen LogP contribution in [0.4, 0.5) is 4.79 Å². The minimum Gasteiger partial charge on any atom is -0.450 e. The molecule has 0 radical (unpaired) electrons. The molecule has 28 heavy (non-hydrogen) atoms. The van der Waals surface area contributed by atoms with Gasteiger partial charge in [0.1, 0.15) is 0 Å². The average Bonchev–Trinajstić information content (AvgIpc) is 2.84. The number of amides is 1. The largest absolute Gasteiger partial charge is 0.450 e. The monoisotopic (exact) mass is 376 g/mol. The fraction of sp³-hybridized carbons (Fsp3) is 0.417. The van der Waals surface area contributed by atoms with Gasteiger partial charge in [0.2, 0.25) is 0 Å². The fourth-order valence-corrected chi connectivity index (χ4v) is 4.40. The third kappa shape index (κ3) is 3.56. The summed E-state index contributed by atoms with van der Waals surface area (Å²) in [5.74, 6) is 0. The molecule has 4 rings (SSSR count). The van der Waals surface area contributed by atoms with Gasteiger partial charge in [0.25, 0.3) is 0 Å². The smallest absolute Gasteiger partial charge is 0.409 e. The van der Waals surface area contributed by atoms with Crippen LogP contribution in [-0.2, 0) is 17.6 Å². The maximum Gasteiger partial charge on any atom is 0.409 e. The van der Waals surface area contributed by atoms with Crippen molar-refractivity contribution in [3.63, 3.8) is 0 Å². The number of carbonyl (C=O) groups excluding carboxylic acids is 1. The number of nitrogens with zero attached hydrogens (tertiary/aromatic N) is 2. The highest BCUT2D eigenvalue weighted by atomic mass is 16.6. The molecule has 0 unspecified atom stereocenters. The van der Waals surface area contributed by atoms with Crippen molar-refractivity contribution in [3.8, 4) is 0 Å². The van der Waals surface area contributed by atoms with E-state index in [2.05, 4.69) is 38.1 Å². The molecular formula is C24H28N2O2. The van der Waals surface area contributed by atoms with Crippen molar-refractivity contribution >= 4 is 11.7 Å². The van der Waals surface area contributed by atoms with Crippen molar-refractivity contribution < 1.29 is 9.53 Å². The molecule has 2 heterocycles. The minimum absolute atomic E-state index is 0.197. The molecule has 1 aromatic carbocycles. The van der Waals surface area contributed by atoms with Gasteiger partial charge in [0.15, 0.2) is 0 Å². The topological polar surface area (TPSA) is 42.4 Å². The normalized spacial score (nSPS) is 16.3. The Morgan fingerprint density at radius 3 is 2.50 bits per heavy atom. The molecule has 2 aromatic rings. The van der Waals surface area contributed by atoms with Crippen LogP contribution in [0.3, 0.4) is 0 Å². The van der Waals surface area contributed by atoms with E-state index in [-0.39, 0.29) is 6.09 Å². The SMILES string of the molecule is CCOC(=O)N1CCC(=C2c3ccc(C)cc3CCc3cc(C)cnc32)CC1. The molecule has 0 spiro atoms. The molecular weight excluding hydrogens is 348 g/mol. The van der Waals surface area contributed by atoms with Gasteiger partial charge in [-0.05, 0) is 68.7 Å². The van der Waals surface area contributed by atoms with Gasteiger partial charge in [0.05, 0.1) is 12.3 Å². The first-order valence-electron chi connectivity index (χ1n) is 10.3. The Kier molecular flexibility index (Phi) is 5.21. The fourth-order valence-electron chi connectivity index (χ4n) is 4.40. The van der Waals surface area contributed by atoms with E-state index in [9.17, 15) is 4.79 Å². The molecule has 4 heteroatoms. The van der Waals surface area contributed by atoms with Gasteiger partial charge in [-0.1, -0.05) is 35.4 Å². The second-order valence-corrected chi connectivity index (χ2v) is 7.85. The van der Waals surface area contributed by atoms with Crippen molar-refractivity contribution in [2.75, 3.05) is 19.7 Å². The summed E-state index contributed by atoms with van der Waals surface area (Å²) in [6.07, 6.45) is 5.59. The van der Waals surface area contributed by atoms with Crippen LogP contribution >= 0.6 is 0 Å². The lowest BCUT2D eigenvalue weighted by atomic mass is 9.88. The van der Waals surface area contributed by atoms with Crippen LogP contribution in [0.15, 0.2) is 36.0 Å². The molecule has 146 valence electrons. The predicted molar refractivity (Wildman–Crippen MR) is 111 cm³/mol. The Labute approximate surface area is 167 Å². The van der Waals surface area contributed by atoms with Crippen LogP contribution in [-0.4, -0.2) is 35.7 Å². The van der Waals surface area contributed by atoms with Crippen molar-refractivity contribution in [2.24, 2.45) is 0 Å². The van der Waals surface area contributed by atoms with E-state index in [0.717, 1.165) is 31.4 Å². The molecule has 0 bridgehead atoms. The quantitative estimate of drug-likeness (QED) is 0.714. The third-order valence-electron chi connectivity index (χ3n) is 5.78. The molecule has 1 aromatic heterocycles. The van der Waals surface area contributed by atoms with Gasteiger partial charge in [-0.15, -0.1) is 0 Å². The Balaban J connectivity index is 1.77. The second kappa shape index (κ2) is 7.78. The minimum atomic E-state index is -0.197. The van der Waals surface area contributed by atoms with E-state index in [1.165, 1.54) is 39.0 Å². The number of pyridine rings is 1. The highest BCUT2D eigenvalue weighted by Gasteiger charge is 2.27. The summed E-state index contributed by atoms with van der Waals surface area (Å²) in [7, 11) is 0. The van der Waals surface area contributed by atoms with Gasteiger partial charge in [0, 0.05) is 24.9 Å². The average molecular weight is 377 g/mol. The predicted octanol–water partition coefficient (Wildman–Crippen LogP) is 4.85. The summed E-state index contributed by atoms with van der Waals surface area (Å²) in [5, 5.41) is 0. The first kappa shape index (κ1) is 18.7. The summed E-state index contributed by atoms with van der Waals surface area (Å²) in [6, 6.07) is 9.07. The summed E-state index contributed by atoms with van der Waals surface area (Å²) >= 11 is 0. The number of fused-ring (bicyclic) bond motifs is 2. The van der Waals surface area contributed by atoms with Crippen LogP contribution < -0.4 is 0 Å². The maximum atomic E-state index is 12.1. The van der Waals surface area contributed by atoms with Gasteiger partial charge in [-0.2, -0.15) is 0 Å². The number of likely N-dealkylation sites (tertiary alicyclic amines) is 1. The van der Waals surface area contributed by atoms with Crippen LogP contribution in [0, 0.1) is 13.8 Å². The molecule has 0 saturated carbocycles. The number of hydrogen-bond donors (Lipinski definition) is 0. The van der Waals surface area contributed by atoms with Gasteiger partial charge >= 0.3 is 6.09 Å². The van der Waals surface area contributed by atoms with E-state index < -0.39 is 0 Å². The molecule has 0 N–H and O–H groups in total. The molecule has 1 aliphatic heterocycles. The summed E-state index contributed by atoms with van der Waals surface area (Å²) < 4.78 is 5.18. The number of benzene rings is 1. The number of carbonyl (C=O) groups is 1. The first-order chi connectivity index (χ1) is 13.6. The maximum absolute atomic E-state index is 12.1. The molecule has 1 amide bonds. The number of ether oxygens (including phenoxy) is 1. The van der Waals surface area contributed by atoms with E-state index in [4.69, 9.17) is 9.72 Å². The first-order valence-corrected chi connectivity index (χ1v) is 10.3. The molecule has 4 nitrogen and oxygen atoms in total. The standard InChI is InChI=1S/C24H28N2O2/c1-4-28-24(27)26-11-9-18(10-12-26)22-21-8-5-16(2)13-19(21)6-7-20-14-17(3)15-25-23(20)22/h5,8,13-15H,4,6-7,9-12H2,1-3H3. The lowest BCUT2D eigenvalue weighted by molar-refractivity contribution is 0.104. The van der Waals surface area contributed by atoms with E-state index in [1.54, 1.807) is 0 Å². The van der Waals surface area contributed by atoms with E-state index in [0.29, 0.717) is 19.7 Å². The third-order valence-corrected chi connectivity index (χ3v) is 5.78. The number of hydrogen-bond acceptors (Lipinski definition) is 3. The van der Waals surface area contributed by atoms with Gasteiger partial charge < -0.3 is 9.64 Å². The number of rotatable bonds is 1. The Bertz CT molecular complexity index is 880. The zero-order valence-electron chi connectivity index (χ0n) is 17.0. The Morgan fingerprint density at radius 2 is 1.75 bits per heavy atom. The summed E-state index contributed by atoms with van der Waals surface area (Å²) in [4.78, 5) is 18.8. The Hall–Kier alpha value is -2.62. The highest BCUT2D eigenvalue weighted by Crippen LogP contribution is 2.38. The van der Waals surface area contributed by atoms with Crippen molar-refractivity contribution in [1.82, 2.24) is 9.88 Å². The molecule has 0 atom stereocenters. The summed E-state index contributed by atoms with van der Waals surface area (Å²) in [5.41, 5.74) is 10.4. The van der Waals surface area contributed by atoms with Crippen LogP contribution in [0.5, 0.6) is 0 Å². The van der Waals surface area contributed by atoms with Crippen molar-refractivity contribution in [1.29, 1.82) is 0 Å². The molecule has 1 aliphatic carbocycles. The number of aryl methyl sites for hydroxylation is 4. The number of piperidine rings is 1. The lowest BCUT2D eigenvalue weighted by Crippen LogP contribution is -2.37. The van der Waals surface area contributed by atoms with Crippen molar-refractivity contribution in [3.05, 3.63) is 69.5 Å². The molecule has 1 fully saturated rings.